The normalized spacial score (nSPS) is 16.7. The second kappa shape index (κ2) is 6.32. The maximum absolute atomic E-state index is 13.0. The van der Waals surface area contributed by atoms with Crippen LogP contribution in [0.1, 0.15) is 28.6 Å². The predicted octanol–water partition coefficient (Wildman–Crippen LogP) is 3.13. The summed E-state index contributed by atoms with van der Waals surface area (Å²) >= 11 is 0. The van der Waals surface area contributed by atoms with Gasteiger partial charge in [0.25, 0.3) is 0 Å². The Kier molecular flexibility index (Phi) is 3.87. The smallest absolute Gasteiger partial charge is 0.227 e. The summed E-state index contributed by atoms with van der Waals surface area (Å²) in [5.41, 5.74) is 4.25. The van der Waals surface area contributed by atoms with Gasteiger partial charge in [0.1, 0.15) is 6.04 Å². The van der Waals surface area contributed by atoms with Gasteiger partial charge >= 0.3 is 0 Å². The molecule has 0 bridgehead atoms. The number of imidazole rings is 1. The Hall–Kier alpha value is -2.88. The van der Waals surface area contributed by atoms with Gasteiger partial charge in [0, 0.05) is 18.7 Å². The van der Waals surface area contributed by atoms with Crippen LogP contribution in [0.25, 0.3) is 0 Å². The van der Waals surface area contributed by atoms with Crippen LogP contribution < -0.4 is 0 Å². The first-order valence-electron chi connectivity index (χ1n) is 8.23. The molecule has 1 amide bonds. The molecule has 24 heavy (non-hydrogen) atoms. The fourth-order valence-electron chi connectivity index (χ4n) is 3.39. The van der Waals surface area contributed by atoms with Gasteiger partial charge in [-0.05, 0) is 11.1 Å². The molecule has 0 saturated heterocycles. The Morgan fingerprint density at radius 3 is 2.54 bits per heavy atom. The Labute approximate surface area is 141 Å². The number of carbonyl (C=O) groups is 1. The number of benzene rings is 2. The van der Waals surface area contributed by atoms with E-state index in [-0.39, 0.29) is 11.9 Å². The average molecular weight is 317 g/mol. The van der Waals surface area contributed by atoms with Crippen molar-refractivity contribution in [3.63, 3.8) is 0 Å². The summed E-state index contributed by atoms with van der Waals surface area (Å²) in [5, 5.41) is 0. The number of hydrogen-bond acceptors (Lipinski definition) is 2. The van der Waals surface area contributed by atoms with Gasteiger partial charge in [-0.25, -0.2) is 4.98 Å². The molecule has 0 radical (unpaired) electrons. The molecule has 3 aromatic rings. The lowest BCUT2D eigenvalue weighted by molar-refractivity contribution is -0.132. The number of amides is 1. The third-order valence-electron chi connectivity index (χ3n) is 4.56. The molecule has 120 valence electrons. The number of hydrogen-bond donors (Lipinski definition) is 1. The molecule has 1 aliphatic heterocycles. The topological polar surface area (TPSA) is 49.0 Å². The van der Waals surface area contributed by atoms with Crippen molar-refractivity contribution in [2.75, 3.05) is 6.54 Å². The SMILES string of the molecule is O=C(Cc1ccccc1)N1CCc2[nH]cnc2C1c1ccccc1. The highest BCUT2D eigenvalue weighted by atomic mass is 16.2. The Morgan fingerprint density at radius 1 is 1.08 bits per heavy atom. The van der Waals surface area contributed by atoms with Crippen molar-refractivity contribution >= 4 is 5.91 Å². The molecule has 4 heteroatoms. The summed E-state index contributed by atoms with van der Waals surface area (Å²) in [4.78, 5) is 22.7. The van der Waals surface area contributed by atoms with Crippen LogP contribution in [0, 0.1) is 0 Å². The highest BCUT2D eigenvalue weighted by molar-refractivity contribution is 5.80. The molecule has 1 N–H and O–H groups in total. The number of nitrogens with one attached hydrogen (secondary N) is 1. The van der Waals surface area contributed by atoms with Gasteiger partial charge in [-0.1, -0.05) is 60.7 Å². The maximum Gasteiger partial charge on any atom is 0.227 e. The van der Waals surface area contributed by atoms with E-state index in [4.69, 9.17) is 0 Å². The third-order valence-corrected chi connectivity index (χ3v) is 4.56. The molecular weight excluding hydrogens is 298 g/mol. The lowest BCUT2D eigenvalue weighted by atomic mass is 9.95. The standard InChI is InChI=1S/C20H19N3O/c24-18(13-15-7-3-1-4-8-15)23-12-11-17-19(22-14-21-17)20(23)16-9-5-2-6-10-16/h1-10,14,20H,11-13H2,(H,21,22). The van der Waals surface area contributed by atoms with Gasteiger partial charge in [-0.15, -0.1) is 0 Å². The lowest BCUT2D eigenvalue weighted by Crippen LogP contribution is -2.41. The molecule has 0 saturated carbocycles. The Bertz CT molecular complexity index is 826. The second-order valence-electron chi connectivity index (χ2n) is 6.08. The van der Waals surface area contributed by atoms with Gasteiger partial charge in [0.05, 0.1) is 18.4 Å². The van der Waals surface area contributed by atoms with Crippen LogP contribution in [-0.2, 0) is 17.6 Å². The number of carbonyl (C=O) groups excluding carboxylic acids is 1. The zero-order valence-electron chi connectivity index (χ0n) is 13.4. The number of fused-ring (bicyclic) bond motifs is 1. The van der Waals surface area contributed by atoms with Crippen LogP contribution in [0.2, 0.25) is 0 Å². The van der Waals surface area contributed by atoms with Gasteiger partial charge in [0.15, 0.2) is 0 Å². The minimum absolute atomic E-state index is 0.114. The molecule has 1 aromatic heterocycles. The lowest BCUT2D eigenvalue weighted by Gasteiger charge is -2.35. The fraction of sp³-hybridized carbons (Fsp3) is 0.200. The molecule has 2 aromatic carbocycles. The van der Waals surface area contributed by atoms with E-state index in [1.165, 1.54) is 0 Å². The quantitative estimate of drug-likeness (QED) is 0.807. The van der Waals surface area contributed by atoms with Crippen LogP contribution in [0.3, 0.4) is 0 Å². The van der Waals surface area contributed by atoms with Gasteiger partial charge in [-0.3, -0.25) is 4.79 Å². The summed E-state index contributed by atoms with van der Waals surface area (Å²) < 4.78 is 0. The minimum atomic E-state index is -0.114. The summed E-state index contributed by atoms with van der Waals surface area (Å²) in [5.74, 6) is 0.142. The predicted molar refractivity (Wildman–Crippen MR) is 92.4 cm³/mol. The van der Waals surface area contributed by atoms with E-state index in [0.717, 1.165) is 28.9 Å². The molecule has 1 unspecified atom stereocenters. The van der Waals surface area contributed by atoms with Crippen LogP contribution in [0.15, 0.2) is 67.0 Å². The molecule has 0 aliphatic carbocycles. The second-order valence-corrected chi connectivity index (χ2v) is 6.08. The molecule has 1 atom stereocenters. The molecule has 1 aliphatic rings. The first-order valence-corrected chi connectivity index (χ1v) is 8.23. The molecule has 2 heterocycles. The van der Waals surface area contributed by atoms with Crippen molar-refractivity contribution in [3.8, 4) is 0 Å². The van der Waals surface area contributed by atoms with E-state index in [0.29, 0.717) is 13.0 Å². The van der Waals surface area contributed by atoms with Crippen LogP contribution in [0.5, 0.6) is 0 Å². The van der Waals surface area contributed by atoms with Crippen molar-refractivity contribution in [2.45, 2.75) is 18.9 Å². The van der Waals surface area contributed by atoms with Crippen molar-refractivity contribution in [1.29, 1.82) is 0 Å². The highest BCUT2D eigenvalue weighted by Crippen LogP contribution is 2.33. The van der Waals surface area contributed by atoms with E-state index < -0.39 is 0 Å². The van der Waals surface area contributed by atoms with Crippen LogP contribution >= 0.6 is 0 Å². The Balaban J connectivity index is 1.67. The number of aromatic amines is 1. The highest BCUT2D eigenvalue weighted by Gasteiger charge is 2.33. The number of rotatable bonds is 3. The van der Waals surface area contributed by atoms with E-state index in [1.54, 1.807) is 6.33 Å². The van der Waals surface area contributed by atoms with Crippen LogP contribution in [-0.4, -0.2) is 27.3 Å². The molecule has 4 nitrogen and oxygen atoms in total. The van der Waals surface area contributed by atoms with Gasteiger partial charge < -0.3 is 9.88 Å². The first kappa shape index (κ1) is 14.7. The zero-order chi connectivity index (χ0) is 16.4. The maximum atomic E-state index is 13.0. The largest absolute Gasteiger partial charge is 0.348 e. The summed E-state index contributed by atoms with van der Waals surface area (Å²) in [6.07, 6.45) is 2.97. The van der Waals surface area contributed by atoms with Crippen molar-refractivity contribution < 1.29 is 4.79 Å². The monoisotopic (exact) mass is 317 g/mol. The van der Waals surface area contributed by atoms with Crippen molar-refractivity contribution in [3.05, 3.63) is 89.5 Å². The minimum Gasteiger partial charge on any atom is -0.348 e. The fourth-order valence-corrected chi connectivity index (χ4v) is 3.39. The first-order chi connectivity index (χ1) is 11.8. The number of nitrogens with zero attached hydrogens (tertiary/aromatic N) is 2. The number of H-pyrrole nitrogens is 1. The van der Waals surface area contributed by atoms with Crippen molar-refractivity contribution in [1.82, 2.24) is 14.9 Å². The summed E-state index contributed by atoms with van der Waals surface area (Å²) in [6.45, 7) is 0.709. The van der Waals surface area contributed by atoms with Gasteiger partial charge in [-0.2, -0.15) is 0 Å². The Morgan fingerprint density at radius 2 is 1.79 bits per heavy atom. The molecule has 4 rings (SSSR count). The third kappa shape index (κ3) is 2.71. The van der Waals surface area contributed by atoms with Gasteiger partial charge in [0.2, 0.25) is 5.91 Å². The van der Waals surface area contributed by atoms with Crippen molar-refractivity contribution in [2.24, 2.45) is 0 Å². The summed E-state index contributed by atoms with van der Waals surface area (Å²) in [6, 6.07) is 19.9. The molecule has 0 fully saturated rings. The molecular formula is C20H19N3O. The average Bonchev–Trinajstić information content (AvgIpc) is 3.11. The van der Waals surface area contributed by atoms with E-state index in [1.807, 2.05) is 53.4 Å². The number of aromatic nitrogens is 2. The molecule has 0 spiro atoms. The van der Waals surface area contributed by atoms with E-state index in [2.05, 4.69) is 22.1 Å². The zero-order valence-corrected chi connectivity index (χ0v) is 13.4. The van der Waals surface area contributed by atoms with E-state index in [9.17, 15) is 4.79 Å². The van der Waals surface area contributed by atoms with E-state index >= 15 is 0 Å². The van der Waals surface area contributed by atoms with Crippen LogP contribution in [0.4, 0.5) is 0 Å². The summed E-state index contributed by atoms with van der Waals surface area (Å²) in [7, 11) is 0.